The van der Waals surface area contributed by atoms with Crippen LogP contribution in [0.15, 0.2) is 24.3 Å². The molecule has 0 bridgehead atoms. The van der Waals surface area contributed by atoms with E-state index in [-0.39, 0.29) is 13.1 Å². The zero-order valence-corrected chi connectivity index (χ0v) is 14.2. The molecule has 0 fully saturated rings. The normalized spacial score (nSPS) is 10.2. The summed E-state index contributed by atoms with van der Waals surface area (Å²) in [4.78, 5) is 13.1. The van der Waals surface area contributed by atoms with E-state index < -0.39 is 5.91 Å². The molecule has 0 saturated carbocycles. The minimum atomic E-state index is -0.391. The van der Waals surface area contributed by atoms with Crippen molar-refractivity contribution in [1.82, 2.24) is 4.90 Å². The lowest BCUT2D eigenvalue weighted by atomic mass is 10.1. The summed E-state index contributed by atoms with van der Waals surface area (Å²) in [5.74, 6) is 1.23. The first kappa shape index (κ1) is 19.1. The summed E-state index contributed by atoms with van der Waals surface area (Å²) in [7, 11) is 1.55. The molecule has 0 aromatic heterocycles. The van der Waals surface area contributed by atoms with Crippen molar-refractivity contribution in [3.8, 4) is 23.6 Å². The molecule has 0 aliphatic heterocycles. The summed E-state index contributed by atoms with van der Waals surface area (Å²) in [6.07, 6.45) is 2.94. The molecule has 24 heavy (non-hydrogen) atoms. The molecule has 0 radical (unpaired) electrons. The Balaban J connectivity index is 2.85. The number of hydrogen-bond donors (Lipinski definition) is 0. The van der Waals surface area contributed by atoms with Crippen molar-refractivity contribution in [2.24, 2.45) is 5.92 Å². The third-order valence-electron chi connectivity index (χ3n) is 3.01. The number of ether oxygens (including phenoxy) is 2. The first-order valence-electron chi connectivity index (χ1n) is 7.53. The van der Waals surface area contributed by atoms with E-state index in [9.17, 15) is 4.79 Å². The lowest BCUT2D eigenvalue weighted by Gasteiger charge is -2.13. The van der Waals surface area contributed by atoms with E-state index in [0.717, 1.165) is 10.5 Å². The Morgan fingerprint density at radius 1 is 1.25 bits per heavy atom. The first-order valence-corrected chi connectivity index (χ1v) is 7.53. The van der Waals surface area contributed by atoms with Crippen molar-refractivity contribution in [3.63, 3.8) is 0 Å². The molecule has 6 nitrogen and oxygen atoms in total. The van der Waals surface area contributed by atoms with Crippen molar-refractivity contribution in [1.29, 1.82) is 10.5 Å². The molecular weight excluding hydrogens is 306 g/mol. The smallest absolute Gasteiger partial charge is 0.248 e. The molecular formula is C18H21N3O3. The Hall–Kier alpha value is -2.99. The van der Waals surface area contributed by atoms with E-state index in [2.05, 4.69) is 13.8 Å². The number of carbonyl (C=O) groups is 1. The topological polar surface area (TPSA) is 86.4 Å². The van der Waals surface area contributed by atoms with Gasteiger partial charge in [0, 0.05) is 6.08 Å². The zero-order chi connectivity index (χ0) is 17.9. The molecule has 0 aliphatic carbocycles. The summed E-state index contributed by atoms with van der Waals surface area (Å²) in [5, 5.41) is 17.4. The van der Waals surface area contributed by atoms with E-state index in [1.165, 1.54) is 6.08 Å². The van der Waals surface area contributed by atoms with Crippen molar-refractivity contribution < 1.29 is 14.3 Å². The van der Waals surface area contributed by atoms with Gasteiger partial charge in [-0.25, -0.2) is 0 Å². The van der Waals surface area contributed by atoms with E-state index in [1.807, 2.05) is 12.1 Å². The van der Waals surface area contributed by atoms with E-state index in [1.54, 1.807) is 31.4 Å². The van der Waals surface area contributed by atoms with Crippen LogP contribution < -0.4 is 9.47 Å². The maximum absolute atomic E-state index is 12.0. The standard InChI is InChI=1S/C18H21N3O3/c1-14(2)13-24-16-6-4-15(12-17(16)23-3)5-7-18(22)21(10-8-19)11-9-20/h4-7,12,14H,10-11,13H2,1-3H3/b7-5+. The molecule has 0 N–H and O–H groups in total. The number of methoxy groups -OCH3 is 1. The molecule has 1 aromatic carbocycles. The first-order chi connectivity index (χ1) is 11.5. The highest BCUT2D eigenvalue weighted by Crippen LogP contribution is 2.29. The second-order valence-corrected chi connectivity index (χ2v) is 5.46. The molecule has 1 aromatic rings. The summed E-state index contributed by atoms with van der Waals surface area (Å²) >= 11 is 0. The van der Waals surface area contributed by atoms with Gasteiger partial charge in [-0.05, 0) is 29.7 Å². The molecule has 0 aliphatic rings. The van der Waals surface area contributed by atoms with Crippen LogP contribution in [-0.2, 0) is 4.79 Å². The fourth-order valence-electron chi connectivity index (χ4n) is 1.82. The van der Waals surface area contributed by atoms with Gasteiger partial charge in [-0.1, -0.05) is 19.9 Å². The van der Waals surface area contributed by atoms with Crippen LogP contribution in [0.3, 0.4) is 0 Å². The molecule has 0 spiro atoms. The number of rotatable bonds is 8. The lowest BCUT2D eigenvalue weighted by molar-refractivity contribution is -0.124. The minimum Gasteiger partial charge on any atom is -0.493 e. The van der Waals surface area contributed by atoms with Crippen molar-refractivity contribution >= 4 is 12.0 Å². The lowest BCUT2D eigenvalue weighted by Crippen LogP contribution is -2.30. The quantitative estimate of drug-likeness (QED) is 0.541. The van der Waals surface area contributed by atoms with Crippen molar-refractivity contribution in [2.45, 2.75) is 13.8 Å². The monoisotopic (exact) mass is 327 g/mol. The summed E-state index contributed by atoms with van der Waals surface area (Å²) in [6, 6.07) is 9.08. The van der Waals surface area contributed by atoms with Crippen LogP contribution in [0.5, 0.6) is 11.5 Å². The second kappa shape index (κ2) is 9.91. The second-order valence-electron chi connectivity index (χ2n) is 5.46. The van der Waals surface area contributed by atoms with E-state index in [4.69, 9.17) is 20.0 Å². The third kappa shape index (κ3) is 6.02. The predicted octanol–water partition coefficient (Wildman–Crippen LogP) is 2.62. The minimum absolute atomic E-state index is 0.123. The van der Waals surface area contributed by atoms with Crippen LogP contribution >= 0.6 is 0 Å². The highest BCUT2D eigenvalue weighted by Gasteiger charge is 2.10. The number of hydrogen-bond acceptors (Lipinski definition) is 5. The van der Waals surface area contributed by atoms with Gasteiger partial charge in [0.2, 0.25) is 5.91 Å². The predicted molar refractivity (Wildman–Crippen MR) is 90.2 cm³/mol. The molecule has 0 atom stereocenters. The van der Waals surface area contributed by atoms with Crippen LogP contribution in [0.25, 0.3) is 6.08 Å². The highest BCUT2D eigenvalue weighted by molar-refractivity contribution is 5.92. The number of nitrogens with zero attached hydrogens (tertiary/aromatic N) is 3. The van der Waals surface area contributed by atoms with Gasteiger partial charge in [0.1, 0.15) is 13.1 Å². The van der Waals surface area contributed by atoms with Crippen LogP contribution in [0.1, 0.15) is 19.4 Å². The van der Waals surface area contributed by atoms with Gasteiger partial charge in [-0.15, -0.1) is 0 Å². The Labute approximate surface area is 142 Å². The Morgan fingerprint density at radius 2 is 1.92 bits per heavy atom. The van der Waals surface area contributed by atoms with Crippen molar-refractivity contribution in [2.75, 3.05) is 26.8 Å². The zero-order valence-electron chi connectivity index (χ0n) is 14.2. The largest absolute Gasteiger partial charge is 0.493 e. The van der Waals surface area contributed by atoms with Gasteiger partial charge in [0.25, 0.3) is 0 Å². The Kier molecular flexibility index (Phi) is 7.87. The average Bonchev–Trinajstić information content (AvgIpc) is 2.57. The van der Waals surface area contributed by atoms with E-state index in [0.29, 0.717) is 24.0 Å². The molecule has 1 amide bonds. The van der Waals surface area contributed by atoms with Gasteiger partial charge in [0.05, 0.1) is 25.9 Å². The maximum Gasteiger partial charge on any atom is 0.248 e. The van der Waals surface area contributed by atoms with Crippen molar-refractivity contribution in [3.05, 3.63) is 29.8 Å². The molecule has 1 rings (SSSR count). The van der Waals surface area contributed by atoms with Crippen LogP contribution in [-0.4, -0.2) is 37.6 Å². The van der Waals surface area contributed by atoms with Gasteiger partial charge < -0.3 is 14.4 Å². The summed E-state index contributed by atoms with van der Waals surface area (Å²) in [6.45, 7) is 4.46. The van der Waals surface area contributed by atoms with Gasteiger partial charge >= 0.3 is 0 Å². The highest BCUT2D eigenvalue weighted by atomic mass is 16.5. The van der Waals surface area contributed by atoms with Gasteiger partial charge in [-0.3, -0.25) is 4.79 Å². The molecule has 0 unspecified atom stereocenters. The average molecular weight is 327 g/mol. The third-order valence-corrected chi connectivity index (χ3v) is 3.01. The van der Waals surface area contributed by atoms with Crippen LogP contribution in [0.2, 0.25) is 0 Å². The molecule has 0 heterocycles. The Morgan fingerprint density at radius 3 is 2.46 bits per heavy atom. The molecule has 126 valence electrons. The summed E-state index contributed by atoms with van der Waals surface area (Å²) in [5.41, 5.74) is 0.756. The number of carbonyl (C=O) groups excluding carboxylic acids is 1. The van der Waals surface area contributed by atoms with Gasteiger partial charge in [-0.2, -0.15) is 10.5 Å². The number of nitriles is 2. The number of amides is 1. The fraction of sp³-hybridized carbons (Fsp3) is 0.389. The number of benzene rings is 1. The Bertz CT molecular complexity index is 653. The maximum atomic E-state index is 12.0. The SMILES string of the molecule is COc1cc(/C=C/C(=O)N(CC#N)CC#N)ccc1OCC(C)C. The fourth-order valence-corrected chi connectivity index (χ4v) is 1.82. The molecule has 0 saturated heterocycles. The van der Waals surface area contributed by atoms with Crippen LogP contribution in [0.4, 0.5) is 0 Å². The van der Waals surface area contributed by atoms with Gasteiger partial charge in [0.15, 0.2) is 11.5 Å². The molecule has 6 heteroatoms. The van der Waals surface area contributed by atoms with E-state index >= 15 is 0 Å². The summed E-state index contributed by atoms with van der Waals surface area (Å²) < 4.78 is 11.0. The van der Waals surface area contributed by atoms with Crippen LogP contribution in [0, 0.1) is 28.6 Å².